The van der Waals surface area contributed by atoms with E-state index < -0.39 is 0 Å². The predicted molar refractivity (Wildman–Crippen MR) is 52.7 cm³/mol. The van der Waals surface area contributed by atoms with Crippen molar-refractivity contribution in [2.45, 2.75) is 6.42 Å². The summed E-state index contributed by atoms with van der Waals surface area (Å²) < 4.78 is 5.16. The van der Waals surface area contributed by atoms with E-state index in [1.165, 1.54) is 6.26 Å². The lowest BCUT2D eigenvalue weighted by Crippen LogP contribution is -1.81. The highest BCUT2D eigenvalue weighted by atomic mass is 16.5. The maximum absolute atomic E-state index is 9.29. The Bertz CT molecular complexity index is 303. The minimum atomic E-state index is 0.144. The summed E-state index contributed by atoms with van der Waals surface area (Å²) >= 11 is 0. The Balaban J connectivity index is 2.54. The third-order valence-electron chi connectivity index (χ3n) is 1.46. The van der Waals surface area contributed by atoms with E-state index in [2.05, 4.69) is 6.58 Å². The Morgan fingerprint density at radius 1 is 1.38 bits per heavy atom. The molecule has 1 aromatic rings. The van der Waals surface area contributed by atoms with Crippen LogP contribution in [0.2, 0.25) is 0 Å². The van der Waals surface area contributed by atoms with Gasteiger partial charge in [-0.2, -0.15) is 0 Å². The number of rotatable bonds is 4. The zero-order valence-electron chi connectivity index (χ0n) is 7.31. The minimum absolute atomic E-state index is 0.144. The van der Waals surface area contributed by atoms with Gasteiger partial charge in [0.05, 0.1) is 6.26 Å². The first-order valence-corrected chi connectivity index (χ1v) is 4.05. The number of allylic oxidation sites excluding steroid dienone is 2. The molecule has 0 bridgehead atoms. The molecule has 13 heavy (non-hydrogen) atoms. The van der Waals surface area contributed by atoms with Crippen molar-refractivity contribution in [3.8, 4) is 11.5 Å². The van der Waals surface area contributed by atoms with E-state index in [1.54, 1.807) is 30.3 Å². The van der Waals surface area contributed by atoms with Gasteiger partial charge in [0, 0.05) is 0 Å². The number of benzene rings is 1. The van der Waals surface area contributed by atoms with Crippen LogP contribution in [-0.2, 0) is 0 Å². The van der Waals surface area contributed by atoms with E-state index in [4.69, 9.17) is 4.74 Å². The quantitative estimate of drug-likeness (QED) is 0.564. The van der Waals surface area contributed by atoms with Gasteiger partial charge in [-0.15, -0.1) is 6.58 Å². The molecule has 2 heteroatoms. The van der Waals surface area contributed by atoms with Crippen LogP contribution in [-0.4, -0.2) is 5.11 Å². The van der Waals surface area contributed by atoms with Gasteiger partial charge < -0.3 is 9.84 Å². The molecule has 1 rings (SSSR count). The number of phenols is 1. The van der Waals surface area contributed by atoms with Crippen LogP contribution in [0.25, 0.3) is 0 Å². The first-order chi connectivity index (χ1) is 6.34. The highest BCUT2D eigenvalue weighted by Crippen LogP contribution is 2.24. The number of ether oxygens (including phenoxy) is 1. The smallest absolute Gasteiger partial charge is 0.168 e. The fourth-order valence-corrected chi connectivity index (χ4v) is 0.830. The van der Waals surface area contributed by atoms with Crippen molar-refractivity contribution in [1.29, 1.82) is 0 Å². The molecule has 0 radical (unpaired) electrons. The molecule has 1 N–H and O–H groups in total. The first-order valence-electron chi connectivity index (χ1n) is 4.05. The molecule has 0 saturated heterocycles. The highest BCUT2D eigenvalue weighted by Gasteiger charge is 1.96. The van der Waals surface area contributed by atoms with Gasteiger partial charge in [0.25, 0.3) is 0 Å². The van der Waals surface area contributed by atoms with Crippen molar-refractivity contribution in [2.75, 3.05) is 0 Å². The van der Waals surface area contributed by atoms with Crippen LogP contribution in [0.3, 0.4) is 0 Å². The molecule has 0 aliphatic rings. The lowest BCUT2D eigenvalue weighted by molar-refractivity contribution is 0.409. The molecule has 0 fully saturated rings. The number of para-hydroxylation sites is 2. The molecule has 0 saturated carbocycles. The van der Waals surface area contributed by atoms with E-state index in [0.29, 0.717) is 5.75 Å². The zero-order valence-corrected chi connectivity index (χ0v) is 7.31. The lowest BCUT2D eigenvalue weighted by Gasteiger charge is -2.01. The van der Waals surface area contributed by atoms with Gasteiger partial charge in [-0.25, -0.2) is 0 Å². The van der Waals surface area contributed by atoms with Gasteiger partial charge in [-0.3, -0.25) is 0 Å². The van der Waals surface area contributed by atoms with Crippen molar-refractivity contribution in [3.63, 3.8) is 0 Å². The number of hydrogen-bond donors (Lipinski definition) is 1. The summed E-state index contributed by atoms with van der Waals surface area (Å²) in [5.74, 6) is 0.605. The largest absolute Gasteiger partial charge is 0.504 e. The second-order valence-corrected chi connectivity index (χ2v) is 2.48. The first kappa shape index (κ1) is 9.39. The molecule has 68 valence electrons. The van der Waals surface area contributed by atoms with Crippen LogP contribution < -0.4 is 4.74 Å². The monoisotopic (exact) mass is 176 g/mol. The second-order valence-electron chi connectivity index (χ2n) is 2.48. The van der Waals surface area contributed by atoms with E-state index in [1.807, 2.05) is 6.08 Å². The fourth-order valence-electron chi connectivity index (χ4n) is 0.830. The molecule has 0 atom stereocenters. The van der Waals surface area contributed by atoms with E-state index in [9.17, 15) is 5.11 Å². The standard InChI is InChI=1S/C11H12O2/c1-2-3-6-9-13-11-8-5-4-7-10(11)12/h2,4-9,12H,1,3H2. The fraction of sp³-hybridized carbons (Fsp3) is 0.0909. The van der Waals surface area contributed by atoms with Crippen LogP contribution in [0.1, 0.15) is 6.42 Å². The van der Waals surface area contributed by atoms with E-state index in [0.717, 1.165) is 6.42 Å². The molecule has 2 nitrogen and oxygen atoms in total. The molecule has 0 unspecified atom stereocenters. The van der Waals surface area contributed by atoms with Crippen LogP contribution in [0.15, 0.2) is 49.3 Å². The summed E-state index contributed by atoms with van der Waals surface area (Å²) in [4.78, 5) is 0. The topological polar surface area (TPSA) is 29.5 Å². The van der Waals surface area contributed by atoms with Gasteiger partial charge in [-0.1, -0.05) is 18.2 Å². The summed E-state index contributed by atoms with van der Waals surface area (Å²) in [6.45, 7) is 3.57. The zero-order chi connectivity index (χ0) is 9.52. The highest BCUT2D eigenvalue weighted by molar-refractivity contribution is 5.38. The molecular weight excluding hydrogens is 164 g/mol. The Morgan fingerprint density at radius 3 is 2.85 bits per heavy atom. The minimum Gasteiger partial charge on any atom is -0.504 e. The average Bonchev–Trinajstić information content (AvgIpc) is 2.15. The van der Waals surface area contributed by atoms with Crippen molar-refractivity contribution in [3.05, 3.63) is 49.3 Å². The third-order valence-corrected chi connectivity index (χ3v) is 1.46. The molecule has 1 aromatic carbocycles. The Morgan fingerprint density at radius 2 is 2.15 bits per heavy atom. The van der Waals surface area contributed by atoms with Gasteiger partial charge >= 0.3 is 0 Å². The van der Waals surface area contributed by atoms with Gasteiger partial charge in [0.15, 0.2) is 11.5 Å². The van der Waals surface area contributed by atoms with Crippen molar-refractivity contribution >= 4 is 0 Å². The van der Waals surface area contributed by atoms with Crippen LogP contribution in [0.4, 0.5) is 0 Å². The van der Waals surface area contributed by atoms with Crippen LogP contribution >= 0.6 is 0 Å². The maximum atomic E-state index is 9.29. The van der Waals surface area contributed by atoms with Crippen molar-refractivity contribution in [1.82, 2.24) is 0 Å². The molecule has 0 aliphatic heterocycles. The Hall–Kier alpha value is -1.70. The summed E-state index contributed by atoms with van der Waals surface area (Å²) in [7, 11) is 0. The van der Waals surface area contributed by atoms with Gasteiger partial charge in [0.2, 0.25) is 0 Å². The molecular formula is C11H12O2. The number of hydrogen-bond acceptors (Lipinski definition) is 2. The Labute approximate surface area is 77.8 Å². The SMILES string of the molecule is C=CCC=COc1ccccc1O. The molecule has 0 aliphatic carbocycles. The normalized spacial score (nSPS) is 10.2. The lowest BCUT2D eigenvalue weighted by atomic mass is 10.3. The average molecular weight is 176 g/mol. The van der Waals surface area contributed by atoms with Crippen LogP contribution in [0, 0.1) is 0 Å². The van der Waals surface area contributed by atoms with Crippen molar-refractivity contribution in [2.24, 2.45) is 0 Å². The molecule has 0 amide bonds. The summed E-state index contributed by atoms with van der Waals surface area (Å²) in [6.07, 6.45) is 5.88. The van der Waals surface area contributed by atoms with Crippen molar-refractivity contribution < 1.29 is 9.84 Å². The summed E-state index contributed by atoms with van der Waals surface area (Å²) in [6, 6.07) is 6.83. The van der Waals surface area contributed by atoms with E-state index >= 15 is 0 Å². The molecule has 0 spiro atoms. The van der Waals surface area contributed by atoms with Gasteiger partial charge in [-0.05, 0) is 24.6 Å². The third kappa shape index (κ3) is 3.03. The van der Waals surface area contributed by atoms with Crippen LogP contribution in [0.5, 0.6) is 11.5 Å². The maximum Gasteiger partial charge on any atom is 0.168 e. The number of aromatic hydroxyl groups is 1. The Kier molecular flexibility index (Phi) is 3.64. The predicted octanol–water partition coefficient (Wildman–Crippen LogP) is 2.86. The molecule has 0 heterocycles. The second kappa shape index (κ2) is 5.04. The van der Waals surface area contributed by atoms with Gasteiger partial charge in [0.1, 0.15) is 0 Å². The molecule has 0 aromatic heterocycles. The summed E-state index contributed by atoms with van der Waals surface area (Å²) in [5, 5.41) is 9.29. The number of phenolic OH excluding ortho intramolecular Hbond substituents is 1. The van der Waals surface area contributed by atoms with E-state index in [-0.39, 0.29) is 5.75 Å². The summed E-state index contributed by atoms with van der Waals surface area (Å²) in [5.41, 5.74) is 0.